The molecule has 168 valence electrons. The minimum absolute atomic E-state index is 0.0519. The minimum atomic E-state index is -1.14. The molecule has 31 heavy (non-hydrogen) atoms. The first-order valence-electron chi connectivity index (χ1n) is 10.5. The number of phenols is 1. The summed E-state index contributed by atoms with van der Waals surface area (Å²) in [7, 11) is 5.29. The van der Waals surface area contributed by atoms with Crippen LogP contribution in [0.15, 0.2) is 42.0 Å². The van der Waals surface area contributed by atoms with Crippen LogP contribution in [0.25, 0.3) is 0 Å². The fourth-order valence-corrected chi connectivity index (χ4v) is 3.78. The monoisotopic (exact) mass is 428 g/mol. The van der Waals surface area contributed by atoms with Crippen LogP contribution in [-0.4, -0.2) is 66.7 Å². The summed E-state index contributed by atoms with van der Waals surface area (Å²) in [6.07, 6.45) is 6.61. The largest absolute Gasteiger partial charge is 0.504 e. The molecule has 1 aliphatic heterocycles. The van der Waals surface area contributed by atoms with Crippen molar-refractivity contribution in [1.29, 1.82) is 0 Å². The molecule has 2 unspecified atom stereocenters. The molecular formula is C24H32N2O5. The Labute approximate surface area is 184 Å². The first kappa shape index (κ1) is 24.3. The number of likely N-dealkylation sites (tertiary alicyclic amines) is 1. The number of nitrogens with zero attached hydrogens (tertiary/aromatic N) is 2. The second kappa shape index (κ2) is 10.9. The van der Waals surface area contributed by atoms with Crippen molar-refractivity contribution in [2.24, 2.45) is 5.92 Å². The standard InChI is InChI=1S/C24H32N2O5/c1-6-8-10-16(7-2)22(28)20-21(17-11-12-18(27)19(15-17)31-5)26(24(30)23(20)29)14-9-13-25(3)4/h7-8,10-12,15,20-21,27H,6,9,13-14H2,1-5H3/b10-8?,16-7+. The maximum absolute atomic E-state index is 13.4. The number of hydrogen-bond donors (Lipinski definition) is 1. The van der Waals surface area contributed by atoms with Gasteiger partial charge in [-0.25, -0.2) is 0 Å². The molecule has 0 radical (unpaired) electrons. The Morgan fingerprint density at radius 2 is 2.00 bits per heavy atom. The predicted octanol–water partition coefficient (Wildman–Crippen LogP) is 2.90. The molecule has 1 fully saturated rings. The highest BCUT2D eigenvalue weighted by molar-refractivity contribution is 6.44. The van der Waals surface area contributed by atoms with Gasteiger partial charge >= 0.3 is 0 Å². The van der Waals surface area contributed by atoms with Crippen LogP contribution < -0.4 is 4.74 Å². The maximum atomic E-state index is 13.4. The number of Topliss-reactive ketones (excluding diaryl/α,β-unsaturated/α-hetero) is 2. The van der Waals surface area contributed by atoms with Gasteiger partial charge in [-0.1, -0.05) is 31.2 Å². The van der Waals surface area contributed by atoms with Gasteiger partial charge < -0.3 is 19.6 Å². The van der Waals surface area contributed by atoms with Crippen molar-refractivity contribution < 1.29 is 24.2 Å². The molecule has 0 saturated carbocycles. The van der Waals surface area contributed by atoms with Crippen LogP contribution in [0.1, 0.15) is 38.3 Å². The zero-order chi connectivity index (χ0) is 23.1. The van der Waals surface area contributed by atoms with Gasteiger partial charge in [-0.2, -0.15) is 0 Å². The average molecular weight is 429 g/mol. The van der Waals surface area contributed by atoms with Crippen molar-refractivity contribution in [3.8, 4) is 11.5 Å². The number of methoxy groups -OCH3 is 1. The molecule has 1 saturated heterocycles. The minimum Gasteiger partial charge on any atom is -0.504 e. The fourth-order valence-electron chi connectivity index (χ4n) is 3.78. The molecule has 7 heteroatoms. The number of hydrogen-bond acceptors (Lipinski definition) is 6. The van der Waals surface area contributed by atoms with Crippen LogP contribution in [0, 0.1) is 5.92 Å². The molecule has 1 aromatic carbocycles. The molecule has 2 rings (SSSR count). The molecule has 1 amide bonds. The molecule has 0 aromatic heterocycles. The van der Waals surface area contributed by atoms with Gasteiger partial charge in [0.2, 0.25) is 5.78 Å². The van der Waals surface area contributed by atoms with Crippen molar-refractivity contribution in [3.63, 3.8) is 0 Å². The lowest BCUT2D eigenvalue weighted by atomic mass is 9.85. The summed E-state index contributed by atoms with van der Waals surface area (Å²) in [5.41, 5.74) is 0.978. The Morgan fingerprint density at radius 3 is 2.58 bits per heavy atom. The van der Waals surface area contributed by atoms with Crippen molar-refractivity contribution in [3.05, 3.63) is 47.6 Å². The van der Waals surface area contributed by atoms with E-state index >= 15 is 0 Å². The average Bonchev–Trinajstić information content (AvgIpc) is 2.99. The van der Waals surface area contributed by atoms with E-state index in [2.05, 4.69) is 0 Å². The van der Waals surface area contributed by atoms with E-state index in [-0.39, 0.29) is 17.3 Å². The maximum Gasteiger partial charge on any atom is 0.291 e. The van der Waals surface area contributed by atoms with Crippen LogP contribution in [0.5, 0.6) is 11.5 Å². The number of phenolic OH excluding ortho intramolecular Hbond substituents is 1. The summed E-state index contributed by atoms with van der Waals surface area (Å²) >= 11 is 0. The molecule has 1 heterocycles. The first-order valence-corrected chi connectivity index (χ1v) is 10.5. The summed E-state index contributed by atoms with van der Waals surface area (Å²) in [5.74, 6) is -2.70. The summed E-state index contributed by atoms with van der Waals surface area (Å²) in [4.78, 5) is 42.8. The van der Waals surface area contributed by atoms with Crippen LogP contribution in [-0.2, 0) is 14.4 Å². The number of ether oxygens (including phenoxy) is 1. The topological polar surface area (TPSA) is 87.2 Å². The lowest BCUT2D eigenvalue weighted by molar-refractivity contribution is -0.142. The van der Waals surface area contributed by atoms with Gasteiger partial charge in [0, 0.05) is 12.1 Å². The Hall–Kier alpha value is -2.93. The van der Waals surface area contributed by atoms with Crippen molar-refractivity contribution in [2.75, 3.05) is 34.3 Å². The van der Waals surface area contributed by atoms with E-state index in [9.17, 15) is 19.5 Å². The molecule has 0 spiro atoms. The number of ketones is 2. The molecule has 7 nitrogen and oxygen atoms in total. The molecule has 1 N–H and O–H groups in total. The Bertz CT molecular complexity index is 888. The number of allylic oxidation sites excluding steroid dienone is 4. The van der Waals surface area contributed by atoms with Gasteiger partial charge in [-0.15, -0.1) is 0 Å². The van der Waals surface area contributed by atoms with Gasteiger partial charge in [0.1, 0.15) is 5.92 Å². The van der Waals surface area contributed by atoms with Gasteiger partial charge in [-0.05, 0) is 58.1 Å². The van der Waals surface area contributed by atoms with E-state index < -0.39 is 23.7 Å². The zero-order valence-corrected chi connectivity index (χ0v) is 18.9. The number of benzene rings is 1. The fraction of sp³-hybridized carbons (Fsp3) is 0.458. The van der Waals surface area contributed by atoms with E-state index in [0.29, 0.717) is 24.1 Å². The van der Waals surface area contributed by atoms with Crippen LogP contribution >= 0.6 is 0 Å². The lowest BCUT2D eigenvalue weighted by Crippen LogP contribution is -2.33. The predicted molar refractivity (Wildman–Crippen MR) is 119 cm³/mol. The van der Waals surface area contributed by atoms with Gasteiger partial charge in [0.15, 0.2) is 17.3 Å². The molecular weight excluding hydrogens is 396 g/mol. The normalized spacial score (nSPS) is 19.7. The quantitative estimate of drug-likeness (QED) is 0.267. The summed E-state index contributed by atoms with van der Waals surface area (Å²) in [6, 6.07) is 3.91. The molecule has 1 aromatic rings. The molecule has 0 aliphatic carbocycles. The Morgan fingerprint density at radius 1 is 1.29 bits per heavy atom. The van der Waals surface area contributed by atoms with E-state index in [4.69, 9.17) is 4.74 Å². The third kappa shape index (κ3) is 5.41. The zero-order valence-electron chi connectivity index (χ0n) is 18.9. The van der Waals surface area contributed by atoms with E-state index in [1.54, 1.807) is 31.2 Å². The van der Waals surface area contributed by atoms with Crippen LogP contribution in [0.4, 0.5) is 0 Å². The smallest absolute Gasteiger partial charge is 0.291 e. The first-order chi connectivity index (χ1) is 14.8. The Balaban J connectivity index is 2.53. The molecule has 1 aliphatic rings. The Kier molecular flexibility index (Phi) is 8.56. The van der Waals surface area contributed by atoms with Crippen molar-refractivity contribution in [2.45, 2.75) is 32.7 Å². The second-order valence-electron chi connectivity index (χ2n) is 7.79. The van der Waals surface area contributed by atoms with E-state index in [0.717, 1.165) is 13.0 Å². The second-order valence-corrected chi connectivity index (χ2v) is 7.79. The van der Waals surface area contributed by atoms with Crippen LogP contribution in [0.3, 0.4) is 0 Å². The molecule has 2 atom stereocenters. The highest BCUT2D eigenvalue weighted by atomic mass is 16.5. The number of aromatic hydroxyl groups is 1. The number of rotatable bonds is 10. The molecule has 0 bridgehead atoms. The highest BCUT2D eigenvalue weighted by Crippen LogP contribution is 2.41. The third-order valence-electron chi connectivity index (χ3n) is 5.37. The number of carbonyl (C=O) groups is 3. The number of amides is 1. The van der Waals surface area contributed by atoms with E-state index in [1.165, 1.54) is 18.1 Å². The van der Waals surface area contributed by atoms with Crippen LogP contribution in [0.2, 0.25) is 0 Å². The van der Waals surface area contributed by atoms with E-state index in [1.807, 2.05) is 32.0 Å². The van der Waals surface area contributed by atoms with Gasteiger partial charge in [-0.3, -0.25) is 14.4 Å². The number of carbonyl (C=O) groups excluding carboxylic acids is 3. The third-order valence-corrected chi connectivity index (χ3v) is 5.37. The van der Waals surface area contributed by atoms with Gasteiger partial charge in [0.25, 0.3) is 5.91 Å². The summed E-state index contributed by atoms with van der Waals surface area (Å²) < 4.78 is 5.21. The lowest BCUT2D eigenvalue weighted by Gasteiger charge is -2.28. The van der Waals surface area contributed by atoms with Crippen molar-refractivity contribution in [1.82, 2.24) is 9.80 Å². The van der Waals surface area contributed by atoms with Crippen molar-refractivity contribution >= 4 is 17.5 Å². The summed E-state index contributed by atoms with van der Waals surface area (Å²) in [6.45, 7) is 4.77. The SMILES string of the molecule is C/C=C(\C=CCC)C(=O)C1C(=O)C(=O)N(CCCN(C)C)C1c1ccc(O)c(OC)c1. The summed E-state index contributed by atoms with van der Waals surface area (Å²) in [5, 5.41) is 9.99. The highest BCUT2D eigenvalue weighted by Gasteiger charge is 2.51. The van der Waals surface area contributed by atoms with Gasteiger partial charge in [0.05, 0.1) is 13.2 Å².